The molecular weight excluding hydrogens is 374 g/mol. The van der Waals surface area contributed by atoms with Crippen molar-refractivity contribution in [3.8, 4) is 0 Å². The molecule has 5 nitrogen and oxygen atoms in total. The van der Waals surface area contributed by atoms with Crippen LogP contribution in [0.1, 0.15) is 45.6 Å². The van der Waals surface area contributed by atoms with Gasteiger partial charge in [-0.3, -0.25) is 4.90 Å². The van der Waals surface area contributed by atoms with Crippen molar-refractivity contribution < 1.29 is 9.94 Å². The molecule has 1 aromatic carbocycles. The average Bonchev–Trinajstić information content (AvgIpc) is 3.08. The van der Waals surface area contributed by atoms with Crippen LogP contribution in [0.3, 0.4) is 0 Å². The Morgan fingerprint density at radius 1 is 1.10 bits per heavy atom. The van der Waals surface area contributed by atoms with Crippen molar-refractivity contribution in [2.45, 2.75) is 52.6 Å². The Morgan fingerprint density at radius 3 is 2.43 bits per heavy atom. The number of piperazine rings is 1. The topological polar surface area (TPSA) is 48.3 Å². The predicted molar refractivity (Wildman–Crippen MR) is 122 cm³/mol. The number of β-amino-alcohol motifs (C(OH)–C–C–N with tert-alkyl or cyclic N) is 1. The smallest absolute Gasteiger partial charge is 0.144 e. The zero-order chi connectivity index (χ0) is 21.2. The lowest BCUT2D eigenvalue weighted by molar-refractivity contribution is 0.00796. The summed E-state index contributed by atoms with van der Waals surface area (Å²) in [6.45, 7) is 13.3. The van der Waals surface area contributed by atoms with Gasteiger partial charge in [-0.2, -0.15) is 0 Å². The van der Waals surface area contributed by atoms with E-state index in [1.165, 1.54) is 24.1 Å². The fourth-order valence-electron chi connectivity index (χ4n) is 5.75. The van der Waals surface area contributed by atoms with Gasteiger partial charge in [-0.05, 0) is 42.6 Å². The lowest BCUT2D eigenvalue weighted by Gasteiger charge is -2.35. The Labute approximate surface area is 182 Å². The van der Waals surface area contributed by atoms with Crippen LogP contribution in [0.15, 0.2) is 35.5 Å². The summed E-state index contributed by atoms with van der Waals surface area (Å²) in [6, 6.07) is 10.7. The van der Waals surface area contributed by atoms with E-state index in [2.05, 4.69) is 66.1 Å². The van der Waals surface area contributed by atoms with Crippen molar-refractivity contribution in [3.05, 3.63) is 35.9 Å². The van der Waals surface area contributed by atoms with Gasteiger partial charge in [-0.15, -0.1) is 0 Å². The Balaban J connectivity index is 1.15. The molecule has 1 aromatic rings. The zero-order valence-corrected chi connectivity index (χ0v) is 19.0. The third-order valence-electron chi connectivity index (χ3n) is 8.45. The van der Waals surface area contributed by atoms with Crippen LogP contribution in [-0.2, 0) is 11.3 Å². The zero-order valence-electron chi connectivity index (χ0n) is 19.0. The first-order valence-electron chi connectivity index (χ1n) is 11.7. The van der Waals surface area contributed by atoms with Crippen molar-refractivity contribution in [1.82, 2.24) is 9.80 Å². The molecule has 3 fully saturated rings. The summed E-state index contributed by atoms with van der Waals surface area (Å²) in [5, 5.41) is 14.9. The quantitative estimate of drug-likeness (QED) is 0.664. The number of aliphatic hydroxyl groups is 1. The van der Waals surface area contributed by atoms with E-state index in [0.717, 1.165) is 51.5 Å². The highest BCUT2D eigenvalue weighted by molar-refractivity contribution is 5.93. The first-order chi connectivity index (χ1) is 14.4. The van der Waals surface area contributed by atoms with Crippen LogP contribution in [0.5, 0.6) is 0 Å². The highest BCUT2D eigenvalue weighted by atomic mass is 16.6. The average molecular weight is 414 g/mol. The molecule has 3 aliphatic rings. The molecule has 0 radical (unpaired) electrons. The van der Waals surface area contributed by atoms with E-state index in [-0.39, 0.29) is 5.41 Å². The molecule has 166 valence electrons. The second kappa shape index (κ2) is 8.97. The molecule has 1 heterocycles. The normalized spacial score (nSPS) is 31.3. The van der Waals surface area contributed by atoms with Crippen molar-refractivity contribution in [2.75, 3.05) is 45.9 Å². The molecule has 0 unspecified atom stereocenters. The van der Waals surface area contributed by atoms with Gasteiger partial charge in [0.1, 0.15) is 12.7 Å². The van der Waals surface area contributed by atoms with Gasteiger partial charge in [-0.1, -0.05) is 56.3 Å². The van der Waals surface area contributed by atoms with Crippen LogP contribution < -0.4 is 0 Å². The lowest BCUT2D eigenvalue weighted by atomic mass is 9.70. The molecular formula is C25H39N3O2. The summed E-state index contributed by atoms with van der Waals surface area (Å²) in [7, 11) is 0. The first-order valence-corrected chi connectivity index (χ1v) is 11.7. The SMILES string of the molecule is CC1(C)[C@@H]2CC[C@]1(C)/C(=N\OC[C@H](O)CN1CCN(CCc3ccccc3)CC1)C2. The summed E-state index contributed by atoms with van der Waals surface area (Å²) < 4.78 is 0. The largest absolute Gasteiger partial charge is 0.393 e. The molecule has 2 saturated carbocycles. The summed E-state index contributed by atoms with van der Waals surface area (Å²) >= 11 is 0. The van der Waals surface area contributed by atoms with Crippen LogP contribution >= 0.6 is 0 Å². The second-order valence-electron chi connectivity index (χ2n) is 10.4. The van der Waals surface area contributed by atoms with Gasteiger partial charge in [0.05, 0.1) is 5.71 Å². The summed E-state index contributed by atoms with van der Waals surface area (Å²) in [6.07, 6.45) is 4.20. The number of hydrogen-bond donors (Lipinski definition) is 1. The van der Waals surface area contributed by atoms with E-state index in [4.69, 9.17) is 4.84 Å². The fraction of sp³-hybridized carbons (Fsp3) is 0.720. The Morgan fingerprint density at radius 2 is 1.80 bits per heavy atom. The molecule has 0 aromatic heterocycles. The number of benzene rings is 1. The molecule has 5 heteroatoms. The van der Waals surface area contributed by atoms with E-state index < -0.39 is 6.10 Å². The van der Waals surface area contributed by atoms with Crippen molar-refractivity contribution in [3.63, 3.8) is 0 Å². The number of fused-ring (bicyclic) bond motifs is 2. The molecule has 1 N–H and O–H groups in total. The Bertz CT molecular complexity index is 727. The molecule has 30 heavy (non-hydrogen) atoms. The number of rotatable bonds is 8. The lowest BCUT2D eigenvalue weighted by Crippen LogP contribution is -2.49. The van der Waals surface area contributed by atoms with E-state index >= 15 is 0 Å². The van der Waals surface area contributed by atoms with Gasteiger partial charge in [0, 0.05) is 44.7 Å². The van der Waals surface area contributed by atoms with E-state index in [1.54, 1.807) is 0 Å². The Kier molecular flexibility index (Phi) is 6.52. The predicted octanol–water partition coefficient (Wildman–Crippen LogP) is 3.43. The highest BCUT2D eigenvalue weighted by Crippen LogP contribution is 2.63. The molecule has 3 atom stereocenters. The monoisotopic (exact) mass is 413 g/mol. The first kappa shape index (κ1) is 21.8. The molecule has 2 aliphatic carbocycles. The fourth-order valence-corrected chi connectivity index (χ4v) is 5.75. The van der Waals surface area contributed by atoms with Crippen LogP contribution in [-0.4, -0.2) is 72.6 Å². The third kappa shape index (κ3) is 4.44. The number of nitrogens with zero attached hydrogens (tertiary/aromatic N) is 3. The minimum absolute atomic E-state index is 0.165. The van der Waals surface area contributed by atoms with Gasteiger partial charge in [0.15, 0.2) is 0 Å². The van der Waals surface area contributed by atoms with Crippen molar-refractivity contribution in [1.29, 1.82) is 0 Å². The molecule has 0 spiro atoms. The minimum Gasteiger partial charge on any atom is -0.393 e. The number of oxime groups is 1. The van der Waals surface area contributed by atoms with Crippen LogP contribution in [0.4, 0.5) is 0 Å². The van der Waals surface area contributed by atoms with Crippen LogP contribution in [0.25, 0.3) is 0 Å². The molecule has 0 amide bonds. The van der Waals surface area contributed by atoms with Gasteiger partial charge in [0.2, 0.25) is 0 Å². The van der Waals surface area contributed by atoms with Gasteiger partial charge in [0.25, 0.3) is 0 Å². The van der Waals surface area contributed by atoms with E-state index in [0.29, 0.717) is 18.6 Å². The van der Waals surface area contributed by atoms with E-state index in [9.17, 15) is 5.11 Å². The Hall–Kier alpha value is -1.43. The van der Waals surface area contributed by atoms with E-state index in [1.807, 2.05) is 0 Å². The standard InChI is InChI=1S/C25H39N3O2/c1-24(2)21-9-11-25(24,3)23(17-21)26-30-19-22(29)18-28-15-13-27(14-16-28)12-10-20-7-5-4-6-8-20/h4-8,21-22,29H,9-19H2,1-3H3/b26-23-/t21-,22-,25-/m1/s1. The maximum absolute atomic E-state index is 10.4. The highest BCUT2D eigenvalue weighted by Gasteiger charge is 2.60. The molecule has 2 bridgehead atoms. The summed E-state index contributed by atoms with van der Waals surface area (Å²) in [4.78, 5) is 10.5. The van der Waals surface area contributed by atoms with Crippen LogP contribution in [0.2, 0.25) is 0 Å². The van der Waals surface area contributed by atoms with Gasteiger partial charge in [-0.25, -0.2) is 0 Å². The second-order valence-corrected chi connectivity index (χ2v) is 10.4. The molecule has 1 saturated heterocycles. The minimum atomic E-state index is -0.482. The molecule has 1 aliphatic heterocycles. The maximum atomic E-state index is 10.4. The van der Waals surface area contributed by atoms with Gasteiger partial charge < -0.3 is 14.8 Å². The van der Waals surface area contributed by atoms with Crippen LogP contribution in [0, 0.1) is 16.7 Å². The number of hydrogen-bond acceptors (Lipinski definition) is 5. The van der Waals surface area contributed by atoms with Crippen molar-refractivity contribution in [2.24, 2.45) is 21.9 Å². The molecule has 4 rings (SSSR count). The maximum Gasteiger partial charge on any atom is 0.144 e. The summed E-state index contributed by atoms with van der Waals surface area (Å²) in [5.74, 6) is 0.730. The number of aliphatic hydroxyl groups excluding tert-OH is 1. The van der Waals surface area contributed by atoms with Crippen molar-refractivity contribution >= 4 is 5.71 Å². The third-order valence-corrected chi connectivity index (χ3v) is 8.45. The summed E-state index contributed by atoms with van der Waals surface area (Å²) in [5.41, 5.74) is 3.09. The van der Waals surface area contributed by atoms with Gasteiger partial charge >= 0.3 is 0 Å².